The fourth-order valence-electron chi connectivity index (χ4n) is 1.46. The third-order valence-corrected chi connectivity index (χ3v) is 3.21. The first-order valence-electron chi connectivity index (χ1n) is 5.40. The molecule has 88 valence electrons. The number of benzene rings is 1. The summed E-state index contributed by atoms with van der Waals surface area (Å²) in [5.74, 6) is 0.852. The lowest BCUT2D eigenvalue weighted by molar-refractivity contribution is 0.101. The highest BCUT2D eigenvalue weighted by atomic mass is 32.1. The van der Waals surface area contributed by atoms with E-state index in [9.17, 15) is 4.79 Å². The minimum absolute atomic E-state index is 0.00665. The van der Waals surface area contributed by atoms with E-state index in [1.165, 1.54) is 18.3 Å². The van der Waals surface area contributed by atoms with Crippen molar-refractivity contribution in [1.29, 1.82) is 0 Å². The fraction of sp³-hybridized carbons (Fsp3) is 0.231. The Morgan fingerprint density at radius 1 is 1.35 bits per heavy atom. The third kappa shape index (κ3) is 2.71. The molecule has 17 heavy (non-hydrogen) atoms. The molecule has 0 bridgehead atoms. The lowest BCUT2D eigenvalue weighted by Gasteiger charge is -2.02. The number of ketones is 1. The molecule has 0 saturated heterocycles. The molecule has 0 fully saturated rings. The molecule has 2 rings (SSSR count). The lowest BCUT2D eigenvalue weighted by Crippen LogP contribution is -1.91. The first-order valence-corrected chi connectivity index (χ1v) is 6.28. The molecule has 0 aliphatic carbocycles. The van der Waals surface area contributed by atoms with Gasteiger partial charge in [0.05, 0.1) is 12.3 Å². The van der Waals surface area contributed by atoms with Crippen LogP contribution in [0.3, 0.4) is 0 Å². The van der Waals surface area contributed by atoms with Crippen molar-refractivity contribution in [3.8, 4) is 17.0 Å². The molecule has 4 heteroatoms. The van der Waals surface area contributed by atoms with Gasteiger partial charge in [-0.3, -0.25) is 4.79 Å². The van der Waals surface area contributed by atoms with Crippen molar-refractivity contribution in [1.82, 2.24) is 4.98 Å². The number of hydrogen-bond donors (Lipinski definition) is 0. The van der Waals surface area contributed by atoms with Crippen molar-refractivity contribution in [3.63, 3.8) is 0 Å². The van der Waals surface area contributed by atoms with Crippen LogP contribution in [0, 0.1) is 0 Å². The average molecular weight is 247 g/mol. The van der Waals surface area contributed by atoms with Gasteiger partial charge in [0.1, 0.15) is 5.75 Å². The van der Waals surface area contributed by atoms with E-state index >= 15 is 0 Å². The fourth-order valence-corrected chi connectivity index (χ4v) is 2.19. The van der Waals surface area contributed by atoms with E-state index in [1.54, 1.807) is 0 Å². The van der Waals surface area contributed by atoms with Crippen LogP contribution in [0.4, 0.5) is 0 Å². The number of nitrogens with zero attached hydrogens (tertiary/aromatic N) is 1. The molecule has 0 unspecified atom stereocenters. The minimum Gasteiger partial charge on any atom is -0.494 e. The van der Waals surface area contributed by atoms with Gasteiger partial charge in [-0.25, -0.2) is 4.98 Å². The molecule has 0 aliphatic heterocycles. The number of aromatic nitrogens is 1. The number of carbonyl (C=O) groups excluding carboxylic acids is 1. The summed E-state index contributed by atoms with van der Waals surface area (Å²) < 4.78 is 5.37. The van der Waals surface area contributed by atoms with Crippen LogP contribution in [-0.4, -0.2) is 17.4 Å². The van der Waals surface area contributed by atoms with Gasteiger partial charge >= 0.3 is 0 Å². The van der Waals surface area contributed by atoms with E-state index in [0.717, 1.165) is 17.0 Å². The summed E-state index contributed by atoms with van der Waals surface area (Å²) in [6.45, 7) is 4.14. The van der Waals surface area contributed by atoms with Crippen LogP contribution in [0.1, 0.15) is 23.6 Å². The SMILES string of the molecule is CCOc1ccc(-c2csc(C(C)=O)n2)cc1. The van der Waals surface area contributed by atoms with Crippen molar-refractivity contribution >= 4 is 17.1 Å². The monoisotopic (exact) mass is 247 g/mol. The van der Waals surface area contributed by atoms with Gasteiger partial charge in [-0.1, -0.05) is 0 Å². The highest BCUT2D eigenvalue weighted by Crippen LogP contribution is 2.24. The second-order valence-corrected chi connectivity index (χ2v) is 4.41. The average Bonchev–Trinajstić information content (AvgIpc) is 2.80. The van der Waals surface area contributed by atoms with Crippen molar-refractivity contribution in [2.24, 2.45) is 0 Å². The van der Waals surface area contributed by atoms with E-state index in [0.29, 0.717) is 11.6 Å². The largest absolute Gasteiger partial charge is 0.494 e. The summed E-state index contributed by atoms with van der Waals surface area (Å²) in [4.78, 5) is 15.4. The number of carbonyl (C=O) groups is 1. The van der Waals surface area contributed by atoms with Gasteiger partial charge in [-0.15, -0.1) is 11.3 Å². The zero-order chi connectivity index (χ0) is 12.3. The van der Waals surface area contributed by atoms with E-state index in [4.69, 9.17) is 4.74 Å². The first kappa shape index (κ1) is 11.8. The van der Waals surface area contributed by atoms with Gasteiger partial charge in [-0.2, -0.15) is 0 Å². The van der Waals surface area contributed by atoms with Crippen LogP contribution >= 0.6 is 11.3 Å². The van der Waals surface area contributed by atoms with E-state index in [2.05, 4.69) is 4.98 Å². The Bertz CT molecular complexity index is 516. The molecule has 0 spiro atoms. The van der Waals surface area contributed by atoms with Crippen LogP contribution in [0.5, 0.6) is 5.75 Å². The zero-order valence-corrected chi connectivity index (χ0v) is 10.6. The molecule has 1 aromatic heterocycles. The zero-order valence-electron chi connectivity index (χ0n) is 9.77. The minimum atomic E-state index is 0.00665. The first-order chi connectivity index (χ1) is 8.20. The van der Waals surface area contributed by atoms with Crippen molar-refractivity contribution < 1.29 is 9.53 Å². The maximum Gasteiger partial charge on any atom is 0.188 e. The summed E-state index contributed by atoms with van der Waals surface area (Å²) in [6, 6.07) is 7.71. The highest BCUT2D eigenvalue weighted by Gasteiger charge is 2.07. The molecule has 0 saturated carbocycles. The van der Waals surface area contributed by atoms with Crippen molar-refractivity contribution in [2.45, 2.75) is 13.8 Å². The maximum atomic E-state index is 11.2. The Morgan fingerprint density at radius 3 is 2.59 bits per heavy atom. The van der Waals surface area contributed by atoms with E-state index < -0.39 is 0 Å². The second-order valence-electron chi connectivity index (χ2n) is 3.55. The quantitative estimate of drug-likeness (QED) is 0.777. The summed E-state index contributed by atoms with van der Waals surface area (Å²) in [5.41, 5.74) is 1.83. The summed E-state index contributed by atoms with van der Waals surface area (Å²) in [7, 11) is 0. The Hall–Kier alpha value is -1.68. The number of Topliss-reactive ketones (excluding diaryl/α,β-unsaturated/α-hetero) is 1. The molecular weight excluding hydrogens is 234 g/mol. The van der Waals surface area contributed by atoms with Gasteiger partial charge in [0.25, 0.3) is 0 Å². The van der Waals surface area contributed by atoms with Gasteiger partial charge in [0.15, 0.2) is 10.8 Å². The van der Waals surface area contributed by atoms with Crippen LogP contribution in [0.15, 0.2) is 29.6 Å². The Morgan fingerprint density at radius 2 is 2.06 bits per heavy atom. The van der Waals surface area contributed by atoms with E-state index in [-0.39, 0.29) is 5.78 Å². The molecule has 0 N–H and O–H groups in total. The standard InChI is InChI=1S/C13H13NO2S/c1-3-16-11-6-4-10(5-7-11)12-8-17-13(14-12)9(2)15/h4-8H,3H2,1-2H3. The Kier molecular flexibility index (Phi) is 3.54. The topological polar surface area (TPSA) is 39.2 Å². The molecule has 1 aromatic carbocycles. The van der Waals surface area contributed by atoms with Gasteiger partial charge in [0.2, 0.25) is 0 Å². The smallest absolute Gasteiger partial charge is 0.188 e. The van der Waals surface area contributed by atoms with Crippen LogP contribution < -0.4 is 4.74 Å². The molecule has 2 aromatic rings. The predicted octanol–water partition coefficient (Wildman–Crippen LogP) is 3.41. The summed E-state index contributed by atoms with van der Waals surface area (Å²) in [6.07, 6.45) is 0. The molecule has 0 atom stereocenters. The predicted molar refractivity (Wildman–Crippen MR) is 68.7 cm³/mol. The van der Waals surface area contributed by atoms with Gasteiger partial charge in [-0.05, 0) is 31.2 Å². The maximum absolute atomic E-state index is 11.2. The Labute approximate surface area is 104 Å². The van der Waals surface area contributed by atoms with Gasteiger partial charge in [0, 0.05) is 17.9 Å². The van der Waals surface area contributed by atoms with Crippen molar-refractivity contribution in [2.75, 3.05) is 6.61 Å². The molecular formula is C13H13NO2S. The summed E-state index contributed by atoms with van der Waals surface area (Å²) >= 11 is 1.38. The normalized spacial score (nSPS) is 10.2. The molecule has 0 amide bonds. The number of rotatable bonds is 4. The van der Waals surface area contributed by atoms with Crippen LogP contribution in [0.25, 0.3) is 11.3 Å². The van der Waals surface area contributed by atoms with Crippen LogP contribution in [0.2, 0.25) is 0 Å². The lowest BCUT2D eigenvalue weighted by atomic mass is 10.2. The van der Waals surface area contributed by atoms with Crippen molar-refractivity contribution in [3.05, 3.63) is 34.7 Å². The number of thiazole rings is 1. The molecule has 1 heterocycles. The third-order valence-electron chi connectivity index (χ3n) is 2.27. The highest BCUT2D eigenvalue weighted by molar-refractivity contribution is 7.12. The molecule has 0 aliphatic rings. The molecule has 0 radical (unpaired) electrons. The Balaban J connectivity index is 2.23. The second kappa shape index (κ2) is 5.10. The van der Waals surface area contributed by atoms with Crippen LogP contribution in [-0.2, 0) is 0 Å². The molecule has 3 nitrogen and oxygen atoms in total. The van der Waals surface area contributed by atoms with E-state index in [1.807, 2.05) is 36.6 Å². The number of hydrogen-bond acceptors (Lipinski definition) is 4. The van der Waals surface area contributed by atoms with Gasteiger partial charge < -0.3 is 4.74 Å². The number of ether oxygens (including phenoxy) is 1. The summed E-state index contributed by atoms with van der Waals surface area (Å²) in [5, 5.41) is 2.45.